The highest BCUT2D eigenvalue weighted by atomic mass is 32.2. The summed E-state index contributed by atoms with van der Waals surface area (Å²) in [7, 11) is -4.13. The zero-order chi connectivity index (χ0) is 18.7. The Labute approximate surface area is 147 Å². The maximum atomic E-state index is 12.3. The fraction of sp³-hybridized carbons (Fsp3) is 0.133. The molecule has 1 aromatic carbocycles. The molecule has 0 radical (unpaired) electrons. The lowest BCUT2D eigenvalue weighted by Crippen LogP contribution is -2.12. The highest BCUT2D eigenvalue weighted by molar-refractivity contribution is 7.86. The van der Waals surface area contributed by atoms with Gasteiger partial charge >= 0.3 is 0 Å². The normalized spacial score (nSPS) is 12.7. The molecule has 0 saturated heterocycles. The smallest absolute Gasteiger partial charge is 0.297 e. The number of nitrogens with zero attached hydrogens (tertiary/aromatic N) is 4. The molecule has 0 aliphatic carbocycles. The molecule has 0 N–H and O–H groups in total. The summed E-state index contributed by atoms with van der Waals surface area (Å²) in [6, 6.07) is 6.02. The summed E-state index contributed by atoms with van der Waals surface area (Å²) in [4.78, 5) is 18.0. The molecule has 2 aromatic heterocycles. The zero-order valence-electron chi connectivity index (χ0n) is 13.3. The van der Waals surface area contributed by atoms with Crippen LogP contribution in [0.2, 0.25) is 0 Å². The Morgan fingerprint density at radius 3 is 2.35 bits per heavy atom. The second-order valence-corrected chi connectivity index (χ2v) is 6.73. The standard InChI is InChI=1S/C15H12N4O6S/c1-10(15-16-8-11(9-17-15)14-6-7-24-18-14)25-26(22,23)13-4-2-12(3-5-13)19(20)21/h2-10H,1H3. The van der Waals surface area contributed by atoms with Crippen LogP contribution >= 0.6 is 0 Å². The van der Waals surface area contributed by atoms with Crippen molar-refractivity contribution in [3.63, 3.8) is 0 Å². The largest absolute Gasteiger partial charge is 0.364 e. The van der Waals surface area contributed by atoms with Gasteiger partial charge in [-0.15, -0.1) is 0 Å². The molecule has 26 heavy (non-hydrogen) atoms. The quantitative estimate of drug-likeness (QED) is 0.360. The van der Waals surface area contributed by atoms with Gasteiger partial charge in [-0.05, 0) is 19.1 Å². The Balaban J connectivity index is 1.75. The second kappa shape index (κ2) is 6.98. The van der Waals surface area contributed by atoms with Crippen molar-refractivity contribution in [2.24, 2.45) is 0 Å². The van der Waals surface area contributed by atoms with Crippen LogP contribution in [-0.2, 0) is 14.3 Å². The molecule has 11 heteroatoms. The lowest BCUT2D eigenvalue weighted by molar-refractivity contribution is -0.384. The van der Waals surface area contributed by atoms with Gasteiger partial charge < -0.3 is 4.52 Å². The third-order valence-corrected chi connectivity index (χ3v) is 4.77. The molecule has 0 aliphatic heterocycles. The van der Waals surface area contributed by atoms with Gasteiger partial charge in [0.25, 0.3) is 15.8 Å². The third-order valence-electron chi connectivity index (χ3n) is 3.38. The molecule has 3 rings (SSSR count). The van der Waals surface area contributed by atoms with E-state index in [0.29, 0.717) is 11.3 Å². The van der Waals surface area contributed by atoms with Crippen LogP contribution in [0.15, 0.2) is 58.4 Å². The topological polar surface area (TPSA) is 138 Å². The van der Waals surface area contributed by atoms with E-state index in [1.807, 2.05) is 0 Å². The second-order valence-electron chi connectivity index (χ2n) is 5.16. The summed E-state index contributed by atoms with van der Waals surface area (Å²) < 4.78 is 34.4. The Morgan fingerprint density at radius 2 is 1.81 bits per heavy atom. The average molecular weight is 376 g/mol. The first-order chi connectivity index (χ1) is 12.4. The van der Waals surface area contributed by atoms with Crippen molar-refractivity contribution in [3.05, 3.63) is 64.9 Å². The predicted octanol–water partition coefficient (Wildman–Crippen LogP) is 2.51. The predicted molar refractivity (Wildman–Crippen MR) is 87.3 cm³/mol. The number of nitro benzene ring substituents is 1. The minimum Gasteiger partial charge on any atom is -0.364 e. The number of non-ortho nitro benzene ring substituents is 1. The lowest BCUT2D eigenvalue weighted by Gasteiger charge is -2.12. The monoisotopic (exact) mass is 376 g/mol. The maximum absolute atomic E-state index is 12.3. The van der Waals surface area contributed by atoms with Gasteiger partial charge in [-0.2, -0.15) is 8.42 Å². The molecule has 2 heterocycles. The molecule has 0 saturated carbocycles. The lowest BCUT2D eigenvalue weighted by atomic mass is 10.2. The minimum atomic E-state index is -4.13. The van der Waals surface area contributed by atoms with Gasteiger partial charge in [0.05, 0.1) is 9.82 Å². The fourth-order valence-corrected chi connectivity index (χ4v) is 3.11. The van der Waals surface area contributed by atoms with Gasteiger partial charge in [-0.1, -0.05) is 5.16 Å². The van der Waals surface area contributed by atoms with Crippen molar-refractivity contribution < 1.29 is 22.0 Å². The molecule has 3 aromatic rings. The van der Waals surface area contributed by atoms with Gasteiger partial charge in [0.15, 0.2) is 5.82 Å². The first kappa shape index (κ1) is 17.6. The molecule has 10 nitrogen and oxygen atoms in total. The Kier molecular flexibility index (Phi) is 4.73. The van der Waals surface area contributed by atoms with E-state index in [2.05, 4.69) is 15.1 Å². The van der Waals surface area contributed by atoms with Gasteiger partial charge in [0.2, 0.25) is 0 Å². The van der Waals surface area contributed by atoms with Crippen LogP contribution in [-0.4, -0.2) is 28.5 Å². The van der Waals surface area contributed by atoms with Crippen LogP contribution in [0.25, 0.3) is 11.3 Å². The van der Waals surface area contributed by atoms with Crippen molar-refractivity contribution in [1.29, 1.82) is 0 Å². The molecule has 1 atom stereocenters. The van der Waals surface area contributed by atoms with Crippen LogP contribution in [0.3, 0.4) is 0 Å². The number of nitro groups is 1. The highest BCUT2D eigenvalue weighted by Gasteiger charge is 2.22. The number of hydrogen-bond donors (Lipinski definition) is 0. The molecule has 0 amide bonds. The highest BCUT2D eigenvalue weighted by Crippen LogP contribution is 2.24. The molecule has 0 fully saturated rings. The molecular formula is C15H12N4O6S. The summed E-state index contributed by atoms with van der Waals surface area (Å²) in [6.07, 6.45) is 3.39. The number of benzene rings is 1. The van der Waals surface area contributed by atoms with Crippen LogP contribution in [0.4, 0.5) is 5.69 Å². The van der Waals surface area contributed by atoms with Crippen molar-refractivity contribution >= 4 is 15.8 Å². The van der Waals surface area contributed by atoms with E-state index in [4.69, 9.17) is 8.71 Å². The summed E-state index contributed by atoms with van der Waals surface area (Å²) in [5, 5.41) is 14.4. The van der Waals surface area contributed by atoms with Crippen molar-refractivity contribution in [3.8, 4) is 11.3 Å². The SMILES string of the molecule is CC(OS(=O)(=O)c1ccc([N+](=O)[O-])cc1)c1ncc(-c2ccon2)cn1. The molecule has 0 spiro atoms. The van der Waals surface area contributed by atoms with E-state index >= 15 is 0 Å². The van der Waals surface area contributed by atoms with Crippen molar-refractivity contribution in [1.82, 2.24) is 15.1 Å². The Morgan fingerprint density at radius 1 is 1.15 bits per heavy atom. The van der Waals surface area contributed by atoms with Crippen molar-refractivity contribution in [2.45, 2.75) is 17.9 Å². The molecule has 134 valence electrons. The Hall–Kier alpha value is -3.18. The van der Waals surface area contributed by atoms with E-state index in [1.54, 1.807) is 6.07 Å². The summed E-state index contributed by atoms with van der Waals surface area (Å²) in [5.41, 5.74) is 0.931. The van der Waals surface area contributed by atoms with E-state index in [0.717, 1.165) is 24.3 Å². The van der Waals surface area contributed by atoms with Gasteiger partial charge in [0.1, 0.15) is 18.1 Å². The van der Waals surface area contributed by atoms with Crippen LogP contribution in [0.5, 0.6) is 0 Å². The van der Waals surface area contributed by atoms with E-state index < -0.39 is 21.1 Å². The summed E-state index contributed by atoms with van der Waals surface area (Å²) in [5.74, 6) is 0.155. The Bertz CT molecular complexity index is 1000. The summed E-state index contributed by atoms with van der Waals surface area (Å²) >= 11 is 0. The van der Waals surface area contributed by atoms with Gasteiger partial charge in [0, 0.05) is 36.2 Å². The average Bonchev–Trinajstić information content (AvgIpc) is 3.16. The van der Waals surface area contributed by atoms with Crippen LogP contribution in [0, 0.1) is 10.1 Å². The number of rotatable bonds is 6. The molecular weight excluding hydrogens is 364 g/mol. The summed E-state index contributed by atoms with van der Waals surface area (Å²) in [6.45, 7) is 1.48. The first-order valence-electron chi connectivity index (χ1n) is 7.27. The molecule has 0 bridgehead atoms. The number of hydrogen-bond acceptors (Lipinski definition) is 9. The fourth-order valence-electron chi connectivity index (χ4n) is 2.06. The van der Waals surface area contributed by atoms with Crippen LogP contribution < -0.4 is 0 Å². The van der Waals surface area contributed by atoms with Crippen molar-refractivity contribution in [2.75, 3.05) is 0 Å². The van der Waals surface area contributed by atoms with E-state index in [1.165, 1.54) is 25.6 Å². The van der Waals surface area contributed by atoms with E-state index in [-0.39, 0.29) is 16.4 Å². The maximum Gasteiger partial charge on any atom is 0.297 e. The van der Waals surface area contributed by atoms with Gasteiger partial charge in [-0.3, -0.25) is 14.3 Å². The molecule has 0 aliphatic rings. The van der Waals surface area contributed by atoms with Gasteiger partial charge in [-0.25, -0.2) is 9.97 Å². The number of aromatic nitrogens is 3. The van der Waals surface area contributed by atoms with E-state index in [9.17, 15) is 18.5 Å². The zero-order valence-corrected chi connectivity index (χ0v) is 14.2. The van der Waals surface area contributed by atoms with Crippen LogP contribution in [0.1, 0.15) is 18.9 Å². The molecule has 1 unspecified atom stereocenters. The minimum absolute atomic E-state index is 0.155. The first-order valence-corrected chi connectivity index (χ1v) is 8.68. The third kappa shape index (κ3) is 3.73.